The van der Waals surface area contributed by atoms with Crippen LogP contribution in [0.15, 0.2) is 84.0 Å². The van der Waals surface area contributed by atoms with Crippen molar-refractivity contribution in [3.05, 3.63) is 117 Å². The van der Waals surface area contributed by atoms with Gasteiger partial charge in [0.15, 0.2) is 0 Å². The highest BCUT2D eigenvalue weighted by Crippen LogP contribution is 2.38. The number of carbonyl (C=O) groups excluding carboxylic acids is 2. The van der Waals surface area contributed by atoms with Gasteiger partial charge in [-0.1, -0.05) is 48.0 Å². The maximum Gasteiger partial charge on any atom is 0.410 e. The van der Waals surface area contributed by atoms with Gasteiger partial charge in [0.05, 0.1) is 18.1 Å². The summed E-state index contributed by atoms with van der Waals surface area (Å²) in [5.74, 6) is -0.211. The number of halogens is 2. The van der Waals surface area contributed by atoms with Crippen molar-refractivity contribution in [3.8, 4) is 0 Å². The normalized spacial score (nSPS) is 18.3. The van der Waals surface area contributed by atoms with Crippen LogP contribution in [0.5, 0.6) is 0 Å². The first-order valence-corrected chi connectivity index (χ1v) is 16.8. The van der Waals surface area contributed by atoms with Crippen molar-refractivity contribution in [3.63, 3.8) is 0 Å². The number of nitrogens with one attached hydrogen (secondary N) is 1. The van der Waals surface area contributed by atoms with Crippen LogP contribution in [0.25, 0.3) is 0 Å². The van der Waals surface area contributed by atoms with E-state index in [1.807, 2.05) is 59.4 Å². The Morgan fingerprint density at radius 3 is 2.67 bits per heavy atom. The second-order valence-electron chi connectivity index (χ2n) is 12.5. The minimum absolute atomic E-state index is 0.135. The molecule has 6 rings (SSSR count). The monoisotopic (exact) mass is 704 g/mol. The third kappa shape index (κ3) is 7.14. The summed E-state index contributed by atoms with van der Waals surface area (Å²) >= 11 is 10.1. The van der Waals surface area contributed by atoms with E-state index in [1.165, 1.54) is 5.56 Å². The summed E-state index contributed by atoms with van der Waals surface area (Å²) in [5, 5.41) is 3.82. The minimum atomic E-state index is -0.758. The Hall–Kier alpha value is -3.73. The fourth-order valence-corrected chi connectivity index (χ4v) is 6.99. The number of benzene rings is 2. The van der Waals surface area contributed by atoms with Gasteiger partial charge in [0.25, 0.3) is 0 Å². The highest BCUT2D eigenvalue weighted by molar-refractivity contribution is 9.10. The standard InChI is InChI=1S/C35H38BrClN6O3/c1-35(2,42-15-14-38-23-42)12-13-39-33(44)30-21-41(16-17-43(30)34(45)46-22-24-6-4-3-5-7-24)32-29-11-10-28(37)19-25(29)8-9-26-18-27(36)20-40-31(26)32/h3-7,10-11,14-15,18-20,23,30,32H,8-9,12-13,16-17,21-22H2,1-2H3,(H,39,44)/t30-,32?/m1/s1. The van der Waals surface area contributed by atoms with Crippen LogP contribution in [0.3, 0.4) is 0 Å². The number of piperazine rings is 1. The highest BCUT2D eigenvalue weighted by atomic mass is 79.9. The summed E-state index contributed by atoms with van der Waals surface area (Å²) < 4.78 is 8.70. The van der Waals surface area contributed by atoms with E-state index < -0.39 is 12.1 Å². The molecule has 11 heteroatoms. The van der Waals surface area contributed by atoms with Crippen LogP contribution < -0.4 is 5.32 Å². The lowest BCUT2D eigenvalue weighted by Gasteiger charge is -2.43. The lowest BCUT2D eigenvalue weighted by molar-refractivity contribution is -0.128. The number of ether oxygens (including phenoxy) is 1. The Labute approximate surface area is 283 Å². The molecule has 0 bridgehead atoms. The number of carbonyl (C=O) groups is 2. The zero-order chi connectivity index (χ0) is 32.3. The van der Waals surface area contributed by atoms with E-state index in [-0.39, 0.29) is 24.1 Å². The molecule has 0 spiro atoms. The van der Waals surface area contributed by atoms with Crippen LogP contribution in [0.1, 0.15) is 54.3 Å². The first-order valence-electron chi connectivity index (χ1n) is 15.6. The summed E-state index contributed by atoms with van der Waals surface area (Å²) in [5.41, 5.74) is 5.05. The molecular weight excluding hydrogens is 668 g/mol. The lowest BCUT2D eigenvalue weighted by Crippen LogP contribution is -2.61. The Morgan fingerprint density at radius 2 is 1.89 bits per heavy atom. The van der Waals surface area contributed by atoms with Gasteiger partial charge in [-0.3, -0.25) is 19.6 Å². The van der Waals surface area contributed by atoms with E-state index >= 15 is 0 Å². The molecule has 2 aliphatic rings. The Bertz CT molecular complexity index is 1630. The number of hydrogen-bond acceptors (Lipinski definition) is 6. The molecule has 2 aromatic carbocycles. The Kier molecular flexibility index (Phi) is 9.77. The van der Waals surface area contributed by atoms with Crippen LogP contribution in [0.4, 0.5) is 4.79 Å². The van der Waals surface area contributed by atoms with Crippen LogP contribution >= 0.6 is 27.5 Å². The number of aryl methyl sites for hydroxylation is 2. The molecule has 1 N–H and O–H groups in total. The van der Waals surface area contributed by atoms with Crippen LogP contribution in [0.2, 0.25) is 5.02 Å². The molecule has 1 aliphatic carbocycles. The van der Waals surface area contributed by atoms with Crippen molar-refractivity contribution in [1.29, 1.82) is 0 Å². The number of aromatic nitrogens is 3. The zero-order valence-electron chi connectivity index (χ0n) is 26.0. The number of pyridine rings is 1. The molecule has 0 saturated carbocycles. The van der Waals surface area contributed by atoms with Crippen molar-refractivity contribution < 1.29 is 14.3 Å². The van der Waals surface area contributed by atoms with E-state index in [2.05, 4.69) is 57.1 Å². The third-order valence-corrected chi connectivity index (χ3v) is 9.72. The smallest absolute Gasteiger partial charge is 0.410 e. The molecule has 9 nitrogen and oxygen atoms in total. The average molecular weight is 706 g/mol. The highest BCUT2D eigenvalue weighted by Gasteiger charge is 2.41. The number of hydrogen-bond donors (Lipinski definition) is 1. The van der Waals surface area contributed by atoms with E-state index in [0.717, 1.165) is 39.7 Å². The van der Waals surface area contributed by atoms with Crippen molar-refractivity contribution >= 4 is 39.5 Å². The zero-order valence-corrected chi connectivity index (χ0v) is 28.4. The fourth-order valence-electron chi connectivity index (χ4n) is 6.42. The van der Waals surface area contributed by atoms with E-state index in [0.29, 0.717) is 37.6 Å². The molecule has 1 saturated heterocycles. The third-order valence-electron chi connectivity index (χ3n) is 9.05. The predicted octanol–water partition coefficient (Wildman–Crippen LogP) is 6.15. The van der Waals surface area contributed by atoms with Crippen molar-refractivity contribution in [1.82, 2.24) is 29.7 Å². The van der Waals surface area contributed by atoms with Gasteiger partial charge in [-0.05, 0) is 89.5 Å². The molecule has 46 heavy (non-hydrogen) atoms. The van der Waals surface area contributed by atoms with Gasteiger partial charge < -0.3 is 14.6 Å². The van der Waals surface area contributed by atoms with Crippen molar-refractivity contribution in [2.45, 2.75) is 57.3 Å². The second-order valence-corrected chi connectivity index (χ2v) is 13.9. The number of fused-ring (bicyclic) bond motifs is 2. The Morgan fingerprint density at radius 1 is 1.09 bits per heavy atom. The molecule has 4 aromatic rings. The molecule has 2 atom stereocenters. The molecule has 1 fully saturated rings. The fraction of sp³-hybridized carbons (Fsp3) is 0.371. The number of nitrogens with zero attached hydrogens (tertiary/aromatic N) is 5. The summed E-state index contributed by atoms with van der Waals surface area (Å²) in [6.45, 7) is 5.98. The number of imidazole rings is 1. The average Bonchev–Trinajstić information content (AvgIpc) is 3.56. The summed E-state index contributed by atoms with van der Waals surface area (Å²) in [7, 11) is 0. The molecule has 1 unspecified atom stereocenters. The minimum Gasteiger partial charge on any atom is -0.445 e. The van der Waals surface area contributed by atoms with Gasteiger partial charge in [-0.25, -0.2) is 9.78 Å². The van der Waals surface area contributed by atoms with Gasteiger partial charge in [0, 0.05) is 59.8 Å². The number of rotatable bonds is 8. The van der Waals surface area contributed by atoms with Gasteiger partial charge in [-0.2, -0.15) is 0 Å². The first kappa shape index (κ1) is 32.2. The molecule has 3 heterocycles. The molecule has 2 aromatic heterocycles. The van der Waals surface area contributed by atoms with E-state index in [9.17, 15) is 9.59 Å². The van der Waals surface area contributed by atoms with Crippen LogP contribution in [-0.4, -0.2) is 68.6 Å². The SMILES string of the molecule is CC(C)(CCNC(=O)[C@H]1CN(C2c3ccc(Cl)cc3CCc3cc(Br)cnc32)CCN1C(=O)OCc1ccccc1)n1ccnc1. The Balaban J connectivity index is 1.26. The molecular formula is C35H38BrClN6O3. The molecule has 1 aliphatic heterocycles. The summed E-state index contributed by atoms with van der Waals surface area (Å²) in [6.07, 6.45) is 9.14. The van der Waals surface area contributed by atoms with Gasteiger partial charge in [0.1, 0.15) is 12.6 Å². The predicted molar refractivity (Wildman–Crippen MR) is 181 cm³/mol. The summed E-state index contributed by atoms with van der Waals surface area (Å²) in [4.78, 5) is 40.5. The van der Waals surface area contributed by atoms with Crippen molar-refractivity contribution in [2.24, 2.45) is 0 Å². The maximum atomic E-state index is 14.0. The van der Waals surface area contributed by atoms with Crippen molar-refractivity contribution in [2.75, 3.05) is 26.2 Å². The van der Waals surface area contributed by atoms with E-state index in [1.54, 1.807) is 17.4 Å². The second kappa shape index (κ2) is 13.9. The van der Waals surface area contributed by atoms with Crippen LogP contribution in [0, 0.1) is 0 Å². The topological polar surface area (TPSA) is 92.6 Å². The van der Waals surface area contributed by atoms with E-state index in [4.69, 9.17) is 21.3 Å². The first-order chi connectivity index (χ1) is 22.2. The van der Waals surface area contributed by atoms with Crippen LogP contribution in [-0.2, 0) is 34.5 Å². The molecule has 0 radical (unpaired) electrons. The van der Waals surface area contributed by atoms with Gasteiger partial charge in [-0.15, -0.1) is 0 Å². The lowest BCUT2D eigenvalue weighted by atomic mass is 9.95. The molecule has 240 valence electrons. The number of amides is 2. The summed E-state index contributed by atoms with van der Waals surface area (Å²) in [6, 6.07) is 16.8. The van der Waals surface area contributed by atoms with Gasteiger partial charge >= 0.3 is 6.09 Å². The maximum absolute atomic E-state index is 14.0. The molecule has 2 amide bonds. The van der Waals surface area contributed by atoms with Gasteiger partial charge in [0.2, 0.25) is 5.91 Å². The largest absolute Gasteiger partial charge is 0.445 e. The quantitative estimate of drug-likeness (QED) is 0.237.